The lowest BCUT2D eigenvalue weighted by Gasteiger charge is -2.37. The molecule has 0 amide bonds. The van der Waals surface area contributed by atoms with E-state index in [2.05, 4.69) is 10.3 Å². The molecule has 1 aromatic carbocycles. The van der Waals surface area contributed by atoms with Crippen LogP contribution in [0, 0.1) is 5.82 Å². The molecule has 1 aromatic heterocycles. The van der Waals surface area contributed by atoms with Gasteiger partial charge in [-0.3, -0.25) is 4.99 Å². The lowest BCUT2D eigenvalue weighted by atomic mass is 9.96. The zero-order valence-electron chi connectivity index (χ0n) is 12.1. The summed E-state index contributed by atoms with van der Waals surface area (Å²) in [4.78, 5) is 8.98. The zero-order valence-corrected chi connectivity index (χ0v) is 13.7. The van der Waals surface area contributed by atoms with Crippen LogP contribution >= 0.6 is 22.9 Å². The predicted octanol–water partition coefficient (Wildman–Crippen LogP) is 3.78. The first-order chi connectivity index (χ1) is 10.5. The molecule has 0 saturated heterocycles. The van der Waals surface area contributed by atoms with Crippen LogP contribution in [0.25, 0.3) is 0 Å². The first-order valence-electron chi connectivity index (χ1n) is 6.77. The fourth-order valence-electron chi connectivity index (χ4n) is 2.44. The van der Waals surface area contributed by atoms with Crippen LogP contribution in [0.5, 0.6) is 0 Å². The highest BCUT2D eigenvalue weighted by Crippen LogP contribution is 2.36. The third kappa shape index (κ3) is 2.99. The number of thiazole rings is 1. The summed E-state index contributed by atoms with van der Waals surface area (Å²) in [5.41, 5.74) is 0.187. The van der Waals surface area contributed by atoms with E-state index in [0.29, 0.717) is 17.3 Å². The summed E-state index contributed by atoms with van der Waals surface area (Å²) in [5, 5.41) is 6.31. The Balaban J connectivity index is 2.03. The minimum atomic E-state index is -0.592. The number of hydrogen-bond donors (Lipinski definition) is 1. The Bertz CT molecular complexity index is 707. The van der Waals surface area contributed by atoms with E-state index in [1.54, 1.807) is 19.4 Å². The Morgan fingerprint density at radius 3 is 2.95 bits per heavy atom. The standard InChI is InChI=1S/C15H15ClFN3OS/c1-15(21-2)8-12(10-4-3-9(17)7-11(10)16)19-13(20-15)14-18-5-6-22-14/h3-7,12H,8H2,1-2H3,(H,19,20)/t12-,15?/m1/s1. The van der Waals surface area contributed by atoms with E-state index in [1.165, 1.54) is 23.5 Å². The molecule has 1 aliphatic rings. The van der Waals surface area contributed by atoms with Crippen LogP contribution in [0.4, 0.5) is 4.39 Å². The molecule has 0 aliphatic carbocycles. The van der Waals surface area contributed by atoms with Crippen LogP contribution in [-0.4, -0.2) is 23.7 Å². The highest BCUT2D eigenvalue weighted by Gasteiger charge is 2.35. The molecule has 2 heterocycles. The molecule has 0 spiro atoms. The molecule has 1 N–H and O–H groups in total. The molecule has 2 aromatic rings. The van der Waals surface area contributed by atoms with Gasteiger partial charge in [0.1, 0.15) is 11.5 Å². The van der Waals surface area contributed by atoms with Crippen molar-refractivity contribution < 1.29 is 9.13 Å². The first kappa shape index (κ1) is 15.4. The number of amidine groups is 1. The second-order valence-electron chi connectivity index (χ2n) is 5.26. The number of nitrogens with zero attached hydrogens (tertiary/aromatic N) is 2. The number of rotatable bonds is 3. The van der Waals surface area contributed by atoms with Crippen molar-refractivity contribution in [3.8, 4) is 0 Å². The number of halogens is 2. The molecule has 0 fully saturated rings. The van der Waals surface area contributed by atoms with E-state index in [0.717, 1.165) is 10.6 Å². The fourth-order valence-corrected chi connectivity index (χ4v) is 3.32. The average molecular weight is 340 g/mol. The summed E-state index contributed by atoms with van der Waals surface area (Å²) in [6.07, 6.45) is 2.31. The van der Waals surface area contributed by atoms with Crippen LogP contribution in [-0.2, 0) is 4.74 Å². The SMILES string of the molecule is COC1(C)C[C@H](c2ccc(F)cc2Cl)N=C(c2nccs2)N1. The second-order valence-corrected chi connectivity index (χ2v) is 6.56. The van der Waals surface area contributed by atoms with Crippen molar-refractivity contribution in [2.24, 2.45) is 4.99 Å². The maximum Gasteiger partial charge on any atom is 0.160 e. The number of aliphatic imine (C=N–C) groups is 1. The molecule has 7 heteroatoms. The minimum absolute atomic E-state index is 0.224. The highest BCUT2D eigenvalue weighted by atomic mass is 35.5. The van der Waals surface area contributed by atoms with E-state index in [-0.39, 0.29) is 11.9 Å². The van der Waals surface area contributed by atoms with Gasteiger partial charge in [-0.2, -0.15) is 0 Å². The number of benzene rings is 1. The average Bonchev–Trinajstić information content (AvgIpc) is 3.01. The molecule has 4 nitrogen and oxygen atoms in total. The highest BCUT2D eigenvalue weighted by molar-refractivity contribution is 7.11. The maximum absolute atomic E-state index is 13.3. The van der Waals surface area contributed by atoms with Crippen molar-refractivity contribution in [3.63, 3.8) is 0 Å². The van der Waals surface area contributed by atoms with Crippen molar-refractivity contribution >= 4 is 28.8 Å². The molecular weight excluding hydrogens is 325 g/mol. The molecule has 22 heavy (non-hydrogen) atoms. The van der Waals surface area contributed by atoms with Crippen LogP contribution in [0.1, 0.15) is 30.0 Å². The van der Waals surface area contributed by atoms with Crippen molar-refractivity contribution in [1.29, 1.82) is 0 Å². The summed E-state index contributed by atoms with van der Waals surface area (Å²) in [7, 11) is 1.64. The summed E-state index contributed by atoms with van der Waals surface area (Å²) in [5.74, 6) is 0.303. The van der Waals surface area contributed by atoms with Crippen LogP contribution in [0.15, 0.2) is 34.8 Å². The monoisotopic (exact) mass is 339 g/mol. The lowest BCUT2D eigenvalue weighted by Crippen LogP contribution is -2.51. The van der Waals surface area contributed by atoms with Crippen LogP contribution in [0.3, 0.4) is 0 Å². The molecule has 0 bridgehead atoms. The molecule has 0 saturated carbocycles. The smallest absolute Gasteiger partial charge is 0.160 e. The summed E-state index contributed by atoms with van der Waals surface area (Å²) >= 11 is 7.68. The lowest BCUT2D eigenvalue weighted by molar-refractivity contribution is -0.0237. The molecule has 1 unspecified atom stereocenters. The van der Waals surface area contributed by atoms with Gasteiger partial charge in [-0.25, -0.2) is 9.37 Å². The number of hydrogen-bond acceptors (Lipinski definition) is 5. The molecule has 116 valence electrons. The molecular formula is C15H15ClFN3OS. The van der Waals surface area contributed by atoms with Gasteiger partial charge in [-0.1, -0.05) is 17.7 Å². The zero-order chi connectivity index (χ0) is 15.7. The Hall–Kier alpha value is -1.50. The molecule has 0 radical (unpaired) electrons. The van der Waals surface area contributed by atoms with Gasteiger partial charge < -0.3 is 10.1 Å². The third-order valence-corrected chi connectivity index (χ3v) is 4.76. The molecule has 2 atom stereocenters. The van der Waals surface area contributed by atoms with Crippen LogP contribution < -0.4 is 5.32 Å². The Morgan fingerprint density at radius 2 is 2.32 bits per heavy atom. The number of nitrogens with one attached hydrogen (secondary N) is 1. The predicted molar refractivity (Wildman–Crippen MR) is 86.0 cm³/mol. The van der Waals surface area contributed by atoms with E-state index in [9.17, 15) is 4.39 Å². The van der Waals surface area contributed by atoms with Gasteiger partial charge in [0, 0.05) is 30.1 Å². The number of aromatic nitrogens is 1. The van der Waals surface area contributed by atoms with E-state index in [1.807, 2.05) is 12.3 Å². The van der Waals surface area contributed by atoms with Crippen molar-refractivity contribution in [2.75, 3.05) is 7.11 Å². The summed E-state index contributed by atoms with van der Waals surface area (Å²) in [6.45, 7) is 1.94. The topological polar surface area (TPSA) is 46.5 Å². The quantitative estimate of drug-likeness (QED) is 0.925. The third-order valence-electron chi connectivity index (χ3n) is 3.66. The second kappa shape index (κ2) is 5.95. The largest absolute Gasteiger partial charge is 0.359 e. The van der Waals surface area contributed by atoms with Gasteiger partial charge >= 0.3 is 0 Å². The van der Waals surface area contributed by atoms with Crippen molar-refractivity contribution in [2.45, 2.75) is 25.1 Å². The van der Waals surface area contributed by atoms with Crippen molar-refractivity contribution in [3.05, 3.63) is 51.2 Å². The Kier molecular flexibility index (Phi) is 4.16. The summed E-state index contributed by atoms with van der Waals surface area (Å²) in [6, 6.07) is 4.15. The van der Waals surface area contributed by atoms with Gasteiger partial charge in [-0.15, -0.1) is 11.3 Å². The van der Waals surface area contributed by atoms with Gasteiger partial charge in [0.2, 0.25) is 0 Å². The Labute approximate surface area is 137 Å². The normalized spacial score (nSPS) is 24.7. The van der Waals surface area contributed by atoms with E-state index >= 15 is 0 Å². The molecule has 3 rings (SSSR count). The van der Waals surface area contributed by atoms with Gasteiger partial charge in [-0.05, 0) is 24.6 Å². The maximum atomic E-state index is 13.3. The van der Waals surface area contributed by atoms with E-state index in [4.69, 9.17) is 21.3 Å². The fraction of sp³-hybridized carbons (Fsp3) is 0.333. The first-order valence-corrected chi connectivity index (χ1v) is 8.02. The number of ether oxygens (including phenoxy) is 1. The number of methoxy groups -OCH3 is 1. The van der Waals surface area contributed by atoms with Gasteiger partial charge in [0.15, 0.2) is 10.8 Å². The van der Waals surface area contributed by atoms with Gasteiger partial charge in [0.25, 0.3) is 0 Å². The molecule has 1 aliphatic heterocycles. The van der Waals surface area contributed by atoms with E-state index < -0.39 is 5.72 Å². The van der Waals surface area contributed by atoms with Crippen molar-refractivity contribution in [1.82, 2.24) is 10.3 Å². The Morgan fingerprint density at radius 1 is 1.50 bits per heavy atom. The summed E-state index contributed by atoms with van der Waals surface area (Å²) < 4.78 is 18.9. The minimum Gasteiger partial charge on any atom is -0.359 e. The van der Waals surface area contributed by atoms with Crippen LogP contribution in [0.2, 0.25) is 5.02 Å². The van der Waals surface area contributed by atoms with Gasteiger partial charge in [0.05, 0.1) is 6.04 Å².